The number of carbonyl (C=O) groups excluding carboxylic acids is 1. The van der Waals surface area contributed by atoms with Gasteiger partial charge in [0.25, 0.3) is 0 Å². The number of aryl methyl sites for hydroxylation is 1. The van der Waals surface area contributed by atoms with Crippen LogP contribution in [0.3, 0.4) is 0 Å². The van der Waals surface area contributed by atoms with Crippen LogP contribution in [-0.2, 0) is 6.42 Å². The highest BCUT2D eigenvalue weighted by Crippen LogP contribution is 2.23. The first-order chi connectivity index (χ1) is 8.72. The molecule has 2 aromatic rings. The maximum absolute atomic E-state index is 13.7. The molecule has 0 unspecified atom stereocenters. The maximum atomic E-state index is 13.7. The zero-order valence-corrected chi connectivity index (χ0v) is 10.8. The van der Waals surface area contributed by atoms with Crippen LogP contribution in [0, 0.1) is 5.82 Å². The number of ether oxygens (including phenoxy) is 1. The number of carbonyl (C=O) groups is 1. The number of thiophene rings is 1. The van der Waals surface area contributed by atoms with E-state index in [1.54, 1.807) is 17.4 Å². The van der Waals surface area contributed by atoms with E-state index in [0.717, 1.165) is 5.56 Å². The van der Waals surface area contributed by atoms with Crippen molar-refractivity contribution in [3.8, 4) is 5.75 Å². The molecule has 1 heterocycles. The van der Waals surface area contributed by atoms with Gasteiger partial charge in [0.1, 0.15) is 11.6 Å². The van der Waals surface area contributed by atoms with Gasteiger partial charge >= 0.3 is 0 Å². The van der Waals surface area contributed by atoms with Crippen LogP contribution >= 0.6 is 11.3 Å². The largest absolute Gasteiger partial charge is 0.496 e. The van der Waals surface area contributed by atoms with E-state index in [0.29, 0.717) is 12.2 Å². The second kappa shape index (κ2) is 5.78. The topological polar surface area (TPSA) is 26.3 Å². The summed E-state index contributed by atoms with van der Waals surface area (Å²) in [5, 5.41) is 3.95. The highest BCUT2D eigenvalue weighted by molar-refractivity contribution is 7.07. The van der Waals surface area contributed by atoms with Crippen LogP contribution in [0.4, 0.5) is 4.39 Å². The van der Waals surface area contributed by atoms with E-state index < -0.39 is 5.82 Å². The van der Waals surface area contributed by atoms with Gasteiger partial charge in [0.15, 0.2) is 5.78 Å². The second-order valence-electron chi connectivity index (χ2n) is 3.87. The van der Waals surface area contributed by atoms with Gasteiger partial charge in [-0.25, -0.2) is 4.39 Å². The van der Waals surface area contributed by atoms with Crippen LogP contribution in [0.2, 0.25) is 0 Å². The van der Waals surface area contributed by atoms with Gasteiger partial charge in [-0.2, -0.15) is 11.3 Å². The Morgan fingerprint density at radius 1 is 1.39 bits per heavy atom. The Bertz CT molecular complexity index is 535. The van der Waals surface area contributed by atoms with E-state index in [9.17, 15) is 9.18 Å². The SMILES string of the molecule is COc1cccc(F)c1C(=O)CCc1ccsc1. The lowest BCUT2D eigenvalue weighted by molar-refractivity contribution is 0.0975. The van der Waals surface area contributed by atoms with Crippen molar-refractivity contribution in [3.05, 3.63) is 52.0 Å². The van der Waals surface area contributed by atoms with E-state index in [1.165, 1.54) is 19.2 Å². The van der Waals surface area contributed by atoms with Crippen LogP contribution in [0.25, 0.3) is 0 Å². The highest BCUT2D eigenvalue weighted by Gasteiger charge is 2.17. The molecule has 0 fully saturated rings. The lowest BCUT2D eigenvalue weighted by Crippen LogP contribution is -2.06. The molecule has 2 nitrogen and oxygen atoms in total. The third-order valence-corrected chi connectivity index (χ3v) is 3.43. The highest BCUT2D eigenvalue weighted by atomic mass is 32.1. The van der Waals surface area contributed by atoms with Gasteiger partial charge in [-0.1, -0.05) is 6.07 Å². The van der Waals surface area contributed by atoms with Crippen LogP contribution < -0.4 is 4.74 Å². The number of halogens is 1. The minimum absolute atomic E-state index is 0.0511. The standard InChI is InChI=1S/C14H13FO2S/c1-17-13-4-2-3-11(15)14(13)12(16)6-5-10-7-8-18-9-10/h2-4,7-9H,5-6H2,1H3. The van der Waals surface area contributed by atoms with Gasteiger partial charge in [0.05, 0.1) is 12.7 Å². The molecular formula is C14H13FO2S. The summed E-state index contributed by atoms with van der Waals surface area (Å²) in [4.78, 5) is 12.0. The van der Waals surface area contributed by atoms with Gasteiger partial charge < -0.3 is 4.74 Å². The van der Waals surface area contributed by atoms with E-state index in [1.807, 2.05) is 16.8 Å². The third kappa shape index (κ3) is 2.76. The van der Waals surface area contributed by atoms with Crippen molar-refractivity contribution >= 4 is 17.1 Å². The Hall–Kier alpha value is -1.68. The zero-order chi connectivity index (χ0) is 13.0. The predicted octanol–water partition coefficient (Wildman–Crippen LogP) is 3.71. The average Bonchev–Trinajstić information content (AvgIpc) is 2.88. The summed E-state index contributed by atoms with van der Waals surface area (Å²) >= 11 is 1.59. The second-order valence-corrected chi connectivity index (χ2v) is 4.65. The molecule has 2 rings (SSSR count). The van der Waals surface area contributed by atoms with E-state index in [-0.39, 0.29) is 17.8 Å². The van der Waals surface area contributed by atoms with Crippen molar-refractivity contribution in [2.75, 3.05) is 7.11 Å². The van der Waals surface area contributed by atoms with Crippen molar-refractivity contribution in [1.29, 1.82) is 0 Å². The number of methoxy groups -OCH3 is 1. The van der Waals surface area contributed by atoms with Crippen molar-refractivity contribution in [2.24, 2.45) is 0 Å². The molecule has 0 amide bonds. The summed E-state index contributed by atoms with van der Waals surface area (Å²) in [6, 6.07) is 6.38. The predicted molar refractivity (Wildman–Crippen MR) is 69.9 cm³/mol. The molecule has 0 N–H and O–H groups in total. The first kappa shape index (κ1) is 12.8. The Morgan fingerprint density at radius 3 is 2.89 bits per heavy atom. The molecular weight excluding hydrogens is 251 g/mol. The van der Waals surface area contributed by atoms with Crippen molar-refractivity contribution < 1.29 is 13.9 Å². The fourth-order valence-electron chi connectivity index (χ4n) is 1.76. The van der Waals surface area contributed by atoms with Crippen LogP contribution in [0.5, 0.6) is 5.75 Å². The normalized spacial score (nSPS) is 10.3. The number of hydrogen-bond acceptors (Lipinski definition) is 3. The van der Waals surface area contributed by atoms with Crippen molar-refractivity contribution in [2.45, 2.75) is 12.8 Å². The Labute approximate surface area is 109 Å². The lowest BCUT2D eigenvalue weighted by Gasteiger charge is -2.08. The fourth-order valence-corrected chi connectivity index (χ4v) is 2.47. The summed E-state index contributed by atoms with van der Waals surface area (Å²) in [5.74, 6) is -0.453. The number of Topliss-reactive ketones (excluding diaryl/α,β-unsaturated/α-hetero) is 1. The molecule has 0 aliphatic rings. The number of rotatable bonds is 5. The Kier molecular flexibility index (Phi) is 4.10. The van der Waals surface area contributed by atoms with Gasteiger partial charge in [0.2, 0.25) is 0 Å². The van der Waals surface area contributed by atoms with Gasteiger partial charge in [-0.3, -0.25) is 4.79 Å². The summed E-state index contributed by atoms with van der Waals surface area (Å²) in [6.45, 7) is 0. The lowest BCUT2D eigenvalue weighted by atomic mass is 10.0. The minimum Gasteiger partial charge on any atom is -0.496 e. The molecule has 0 radical (unpaired) electrons. The number of benzene rings is 1. The molecule has 0 spiro atoms. The third-order valence-electron chi connectivity index (χ3n) is 2.69. The number of ketones is 1. The Morgan fingerprint density at radius 2 is 2.22 bits per heavy atom. The fraction of sp³-hybridized carbons (Fsp3) is 0.214. The van der Waals surface area contributed by atoms with Gasteiger partial charge in [-0.05, 0) is 40.9 Å². The van der Waals surface area contributed by atoms with Crippen molar-refractivity contribution in [3.63, 3.8) is 0 Å². The van der Waals surface area contributed by atoms with Gasteiger partial charge in [0, 0.05) is 6.42 Å². The summed E-state index contributed by atoms with van der Waals surface area (Å²) in [7, 11) is 1.43. The monoisotopic (exact) mass is 264 g/mol. The molecule has 1 aromatic carbocycles. The molecule has 0 saturated carbocycles. The first-order valence-corrected chi connectivity index (χ1v) is 6.53. The molecule has 0 aliphatic carbocycles. The van der Waals surface area contributed by atoms with E-state index in [4.69, 9.17) is 4.74 Å². The van der Waals surface area contributed by atoms with Crippen LogP contribution in [-0.4, -0.2) is 12.9 Å². The Balaban J connectivity index is 2.13. The average molecular weight is 264 g/mol. The summed E-state index contributed by atoms with van der Waals surface area (Å²) < 4.78 is 18.7. The summed E-state index contributed by atoms with van der Waals surface area (Å²) in [5.41, 5.74) is 1.15. The summed E-state index contributed by atoms with van der Waals surface area (Å²) in [6.07, 6.45) is 0.911. The molecule has 4 heteroatoms. The molecule has 0 saturated heterocycles. The molecule has 1 aromatic heterocycles. The number of hydrogen-bond donors (Lipinski definition) is 0. The molecule has 0 atom stereocenters. The smallest absolute Gasteiger partial charge is 0.169 e. The minimum atomic E-state index is -0.523. The zero-order valence-electron chi connectivity index (χ0n) is 9.98. The van der Waals surface area contributed by atoms with E-state index in [2.05, 4.69) is 0 Å². The first-order valence-electron chi connectivity index (χ1n) is 5.59. The van der Waals surface area contributed by atoms with Crippen LogP contribution in [0.15, 0.2) is 35.0 Å². The molecule has 94 valence electrons. The maximum Gasteiger partial charge on any atom is 0.169 e. The molecule has 0 bridgehead atoms. The van der Waals surface area contributed by atoms with Crippen molar-refractivity contribution in [1.82, 2.24) is 0 Å². The quantitative estimate of drug-likeness (QED) is 0.769. The van der Waals surface area contributed by atoms with Gasteiger partial charge in [-0.15, -0.1) is 0 Å². The molecule has 18 heavy (non-hydrogen) atoms. The van der Waals surface area contributed by atoms with Crippen LogP contribution in [0.1, 0.15) is 22.3 Å². The van der Waals surface area contributed by atoms with E-state index >= 15 is 0 Å². The molecule has 0 aliphatic heterocycles.